The number of esters is 1. The van der Waals surface area contributed by atoms with Gasteiger partial charge in [0.25, 0.3) is 0 Å². The molecule has 1 aromatic heterocycles. The van der Waals surface area contributed by atoms with Crippen LogP contribution in [0.15, 0.2) is 30.6 Å². The fourth-order valence-corrected chi connectivity index (χ4v) is 1.77. The van der Waals surface area contributed by atoms with Crippen molar-refractivity contribution in [2.75, 3.05) is 14.2 Å². The van der Waals surface area contributed by atoms with Crippen molar-refractivity contribution in [3.05, 3.63) is 36.2 Å². The molecule has 1 atom stereocenters. The van der Waals surface area contributed by atoms with Crippen LogP contribution in [0.1, 0.15) is 18.0 Å². The van der Waals surface area contributed by atoms with Crippen molar-refractivity contribution in [1.29, 1.82) is 0 Å². The minimum absolute atomic E-state index is 0.148. The number of nitrogens with zero attached hydrogens (tertiary/aromatic N) is 4. The van der Waals surface area contributed by atoms with Gasteiger partial charge in [-0.3, -0.25) is 4.79 Å². The fourth-order valence-electron chi connectivity index (χ4n) is 1.77. The number of hydrogen-bond acceptors (Lipinski definition) is 6. The maximum absolute atomic E-state index is 11.5. The molecule has 7 nitrogen and oxygen atoms in total. The van der Waals surface area contributed by atoms with E-state index in [1.54, 1.807) is 7.11 Å². The van der Waals surface area contributed by atoms with Gasteiger partial charge < -0.3 is 9.47 Å². The van der Waals surface area contributed by atoms with Crippen molar-refractivity contribution in [3.63, 3.8) is 0 Å². The SMILES string of the molecule is COC(=O)C[C@@H](c1cccc(OC)c1)n1cnnn1. The van der Waals surface area contributed by atoms with E-state index in [0.717, 1.165) is 5.56 Å². The minimum Gasteiger partial charge on any atom is -0.497 e. The average Bonchev–Trinajstić information content (AvgIpc) is 2.98. The second-order valence-electron chi connectivity index (χ2n) is 3.86. The smallest absolute Gasteiger partial charge is 0.308 e. The van der Waals surface area contributed by atoms with Gasteiger partial charge in [0.05, 0.1) is 26.7 Å². The average molecular weight is 262 g/mol. The van der Waals surface area contributed by atoms with Crippen LogP contribution in [0.3, 0.4) is 0 Å². The topological polar surface area (TPSA) is 79.1 Å². The minimum atomic E-state index is -0.330. The Kier molecular flexibility index (Phi) is 4.07. The van der Waals surface area contributed by atoms with Gasteiger partial charge in [0.1, 0.15) is 12.1 Å². The Morgan fingerprint density at radius 1 is 1.42 bits per heavy atom. The second kappa shape index (κ2) is 5.94. The van der Waals surface area contributed by atoms with Gasteiger partial charge in [-0.25, -0.2) is 4.68 Å². The predicted octanol–water partition coefficient (Wildman–Crippen LogP) is 0.834. The van der Waals surface area contributed by atoms with Crippen molar-refractivity contribution in [3.8, 4) is 5.75 Å². The van der Waals surface area contributed by atoms with E-state index >= 15 is 0 Å². The predicted molar refractivity (Wildman–Crippen MR) is 65.6 cm³/mol. The maximum Gasteiger partial charge on any atom is 0.308 e. The van der Waals surface area contributed by atoms with Gasteiger partial charge in [0.2, 0.25) is 0 Å². The number of carbonyl (C=O) groups excluding carboxylic acids is 1. The quantitative estimate of drug-likeness (QED) is 0.743. The molecule has 0 aliphatic rings. The van der Waals surface area contributed by atoms with E-state index in [9.17, 15) is 4.79 Å². The first-order chi connectivity index (χ1) is 9.24. The highest BCUT2D eigenvalue weighted by Crippen LogP contribution is 2.24. The molecular weight excluding hydrogens is 248 g/mol. The molecule has 2 aromatic rings. The standard InChI is InChI=1S/C12H14N4O3/c1-18-10-5-3-4-9(6-10)11(7-12(17)19-2)16-8-13-14-15-16/h3-6,8,11H,7H2,1-2H3/t11-/m0/s1. The summed E-state index contributed by atoms with van der Waals surface area (Å²) in [7, 11) is 2.94. The zero-order valence-corrected chi connectivity index (χ0v) is 10.7. The number of methoxy groups -OCH3 is 2. The summed E-state index contributed by atoms with van der Waals surface area (Å²) in [6.45, 7) is 0. The molecular formula is C12H14N4O3. The molecule has 0 spiro atoms. The van der Waals surface area contributed by atoms with Gasteiger partial charge >= 0.3 is 5.97 Å². The van der Waals surface area contributed by atoms with Gasteiger partial charge in [-0.05, 0) is 28.1 Å². The van der Waals surface area contributed by atoms with Gasteiger partial charge in [-0.15, -0.1) is 5.10 Å². The van der Waals surface area contributed by atoms with Crippen LogP contribution in [0.2, 0.25) is 0 Å². The fraction of sp³-hybridized carbons (Fsp3) is 0.333. The van der Waals surface area contributed by atoms with E-state index in [4.69, 9.17) is 9.47 Å². The van der Waals surface area contributed by atoms with Crippen LogP contribution in [0, 0.1) is 0 Å². The lowest BCUT2D eigenvalue weighted by atomic mass is 10.0. The van der Waals surface area contributed by atoms with Gasteiger partial charge in [-0.2, -0.15) is 0 Å². The monoisotopic (exact) mass is 262 g/mol. The molecule has 0 N–H and O–H groups in total. The lowest BCUT2D eigenvalue weighted by molar-refractivity contribution is -0.141. The van der Waals surface area contributed by atoms with Crippen LogP contribution in [-0.4, -0.2) is 40.4 Å². The Bertz CT molecular complexity index is 542. The molecule has 0 saturated carbocycles. The van der Waals surface area contributed by atoms with Crippen molar-refractivity contribution in [1.82, 2.24) is 20.2 Å². The molecule has 0 amide bonds. The normalized spacial score (nSPS) is 11.9. The Labute approximate surface area is 110 Å². The molecule has 19 heavy (non-hydrogen) atoms. The van der Waals surface area contributed by atoms with Crippen LogP contribution >= 0.6 is 0 Å². The highest BCUT2D eigenvalue weighted by molar-refractivity contribution is 5.70. The first-order valence-corrected chi connectivity index (χ1v) is 5.68. The van der Waals surface area contributed by atoms with Crippen LogP contribution in [0.4, 0.5) is 0 Å². The molecule has 7 heteroatoms. The molecule has 1 heterocycles. The first-order valence-electron chi connectivity index (χ1n) is 5.68. The summed E-state index contributed by atoms with van der Waals surface area (Å²) in [5.41, 5.74) is 0.872. The molecule has 0 aliphatic carbocycles. The summed E-state index contributed by atoms with van der Waals surface area (Å²) in [5, 5.41) is 11.0. The van der Waals surface area contributed by atoms with Gasteiger partial charge in [0.15, 0.2) is 0 Å². The molecule has 0 saturated heterocycles. The number of rotatable bonds is 5. The maximum atomic E-state index is 11.5. The Balaban J connectivity index is 2.33. The van der Waals surface area contributed by atoms with Gasteiger partial charge in [-0.1, -0.05) is 12.1 Å². The van der Waals surface area contributed by atoms with Crippen LogP contribution < -0.4 is 4.74 Å². The third kappa shape index (κ3) is 3.06. The third-order valence-electron chi connectivity index (χ3n) is 2.75. The summed E-state index contributed by atoms with van der Waals surface area (Å²) < 4.78 is 11.4. The van der Waals surface area contributed by atoms with Crippen molar-refractivity contribution >= 4 is 5.97 Å². The highest BCUT2D eigenvalue weighted by Gasteiger charge is 2.20. The first kappa shape index (κ1) is 13.0. The summed E-state index contributed by atoms with van der Waals surface area (Å²) in [4.78, 5) is 11.5. The Morgan fingerprint density at radius 2 is 2.26 bits per heavy atom. The Morgan fingerprint density at radius 3 is 2.89 bits per heavy atom. The van der Waals surface area contributed by atoms with Crippen LogP contribution in [0.25, 0.3) is 0 Å². The molecule has 0 unspecified atom stereocenters. The summed E-state index contributed by atoms with van der Waals surface area (Å²) in [5.74, 6) is 0.378. The van der Waals surface area contributed by atoms with Gasteiger partial charge in [0, 0.05) is 0 Å². The van der Waals surface area contributed by atoms with E-state index in [2.05, 4.69) is 15.5 Å². The van der Waals surface area contributed by atoms with E-state index in [0.29, 0.717) is 5.75 Å². The summed E-state index contributed by atoms with van der Waals surface area (Å²) in [6, 6.07) is 7.09. The zero-order valence-electron chi connectivity index (χ0n) is 10.7. The van der Waals surface area contributed by atoms with E-state index < -0.39 is 0 Å². The zero-order chi connectivity index (χ0) is 13.7. The molecule has 100 valence electrons. The number of ether oxygens (including phenoxy) is 2. The lowest BCUT2D eigenvalue weighted by Crippen LogP contribution is -2.17. The highest BCUT2D eigenvalue weighted by atomic mass is 16.5. The number of benzene rings is 1. The van der Waals surface area contributed by atoms with Crippen LogP contribution in [-0.2, 0) is 9.53 Å². The number of aromatic nitrogens is 4. The number of tetrazole rings is 1. The molecule has 1 aromatic carbocycles. The number of hydrogen-bond donors (Lipinski definition) is 0. The third-order valence-corrected chi connectivity index (χ3v) is 2.75. The molecule has 0 aliphatic heterocycles. The molecule has 2 rings (SSSR count). The van der Waals surface area contributed by atoms with Crippen molar-refractivity contribution < 1.29 is 14.3 Å². The Hall–Kier alpha value is -2.44. The largest absolute Gasteiger partial charge is 0.497 e. The summed E-state index contributed by atoms with van der Waals surface area (Å²) >= 11 is 0. The van der Waals surface area contributed by atoms with Crippen molar-refractivity contribution in [2.24, 2.45) is 0 Å². The summed E-state index contributed by atoms with van der Waals surface area (Å²) in [6.07, 6.45) is 1.61. The van der Waals surface area contributed by atoms with E-state index in [1.807, 2.05) is 24.3 Å². The molecule has 0 bridgehead atoms. The van der Waals surface area contributed by atoms with E-state index in [1.165, 1.54) is 18.1 Å². The molecule has 0 radical (unpaired) electrons. The van der Waals surface area contributed by atoms with Crippen LogP contribution in [0.5, 0.6) is 5.75 Å². The lowest BCUT2D eigenvalue weighted by Gasteiger charge is -2.16. The second-order valence-corrected chi connectivity index (χ2v) is 3.86. The van der Waals surface area contributed by atoms with E-state index in [-0.39, 0.29) is 18.4 Å². The number of carbonyl (C=O) groups is 1. The molecule has 0 fully saturated rings. The van der Waals surface area contributed by atoms with Crippen molar-refractivity contribution in [2.45, 2.75) is 12.5 Å².